The topological polar surface area (TPSA) is 92.9 Å². The van der Waals surface area contributed by atoms with Crippen LogP contribution in [0.5, 0.6) is 0 Å². The number of carbonyl (C=O) groups is 1. The van der Waals surface area contributed by atoms with Crippen LogP contribution in [0, 0.1) is 13.8 Å². The molecule has 1 atom stereocenters. The minimum Gasteiger partial charge on any atom is -0.370 e. The molecule has 0 spiro atoms. The Kier molecular flexibility index (Phi) is 4.88. The Balaban J connectivity index is 2.97. The molecule has 18 heavy (non-hydrogen) atoms. The van der Waals surface area contributed by atoms with Crippen LogP contribution >= 0.6 is 0 Å². The van der Waals surface area contributed by atoms with E-state index in [-0.39, 0.29) is 0 Å². The summed E-state index contributed by atoms with van der Waals surface area (Å²) in [4.78, 5) is 19.7. The third-order valence-corrected chi connectivity index (χ3v) is 2.58. The Labute approximate surface area is 107 Å². The lowest BCUT2D eigenvalue weighted by atomic mass is 10.2. The molecule has 0 aliphatic rings. The fraction of sp³-hybridized carbons (Fsp3) is 0.583. The number of nitrogens with zero attached hydrogens (tertiary/aromatic N) is 2. The number of carbonyl (C=O) groups excluding carboxylic acids is 1. The van der Waals surface area contributed by atoms with Crippen LogP contribution in [0.1, 0.15) is 31.7 Å². The molecule has 1 heterocycles. The first-order valence-corrected chi connectivity index (χ1v) is 6.10. The van der Waals surface area contributed by atoms with Gasteiger partial charge in [-0.2, -0.15) is 0 Å². The van der Waals surface area contributed by atoms with Crippen molar-refractivity contribution < 1.29 is 4.79 Å². The van der Waals surface area contributed by atoms with E-state index >= 15 is 0 Å². The number of aromatic nitrogens is 2. The lowest BCUT2D eigenvalue weighted by Gasteiger charge is -2.16. The van der Waals surface area contributed by atoms with Crippen LogP contribution < -0.4 is 16.4 Å². The molecule has 0 saturated carbocycles. The van der Waals surface area contributed by atoms with E-state index in [1.54, 1.807) is 6.92 Å². The highest BCUT2D eigenvalue weighted by Crippen LogP contribution is 2.20. The largest absolute Gasteiger partial charge is 0.370 e. The number of rotatable bonds is 6. The fourth-order valence-electron chi connectivity index (χ4n) is 1.46. The van der Waals surface area contributed by atoms with Crippen molar-refractivity contribution in [1.82, 2.24) is 9.97 Å². The molecule has 0 aliphatic heterocycles. The summed E-state index contributed by atoms with van der Waals surface area (Å²) in [6.45, 7) is 8.37. The molecule has 6 heteroatoms. The number of anilines is 2. The van der Waals surface area contributed by atoms with Gasteiger partial charge in [0.2, 0.25) is 5.91 Å². The summed E-state index contributed by atoms with van der Waals surface area (Å²) in [6, 6.07) is -0.461. The van der Waals surface area contributed by atoms with Gasteiger partial charge in [0, 0.05) is 12.1 Å². The maximum absolute atomic E-state index is 11.1. The third-order valence-electron chi connectivity index (χ3n) is 2.58. The molecular weight excluding hydrogens is 230 g/mol. The predicted octanol–water partition coefficient (Wildman–Crippen LogP) is 1.20. The number of aryl methyl sites for hydroxylation is 1. The number of nitrogens with one attached hydrogen (secondary N) is 2. The summed E-state index contributed by atoms with van der Waals surface area (Å²) in [6.07, 6.45) is 1.02. The van der Waals surface area contributed by atoms with Crippen LogP contribution in [0.2, 0.25) is 0 Å². The predicted molar refractivity (Wildman–Crippen MR) is 72.6 cm³/mol. The zero-order valence-electron chi connectivity index (χ0n) is 11.4. The van der Waals surface area contributed by atoms with Crippen LogP contribution in [0.4, 0.5) is 11.6 Å². The zero-order valence-corrected chi connectivity index (χ0v) is 11.4. The first-order chi connectivity index (χ1) is 8.45. The minimum absolute atomic E-state index is 0.409. The Morgan fingerprint density at radius 2 is 1.94 bits per heavy atom. The summed E-state index contributed by atoms with van der Waals surface area (Å²) in [5.74, 6) is 1.68. The van der Waals surface area contributed by atoms with Gasteiger partial charge in [0.25, 0.3) is 0 Å². The molecule has 100 valence electrons. The molecule has 1 amide bonds. The van der Waals surface area contributed by atoms with Crippen molar-refractivity contribution in [3.63, 3.8) is 0 Å². The van der Waals surface area contributed by atoms with Crippen molar-refractivity contribution in [2.45, 2.75) is 40.2 Å². The Morgan fingerprint density at radius 1 is 1.33 bits per heavy atom. The number of primary amides is 1. The van der Waals surface area contributed by atoms with Gasteiger partial charge in [-0.15, -0.1) is 0 Å². The van der Waals surface area contributed by atoms with Gasteiger partial charge in [0.1, 0.15) is 23.5 Å². The van der Waals surface area contributed by atoms with Gasteiger partial charge >= 0.3 is 0 Å². The molecular formula is C12H21N5O. The first kappa shape index (κ1) is 14.2. The molecule has 4 N–H and O–H groups in total. The van der Waals surface area contributed by atoms with E-state index in [1.807, 2.05) is 13.8 Å². The van der Waals surface area contributed by atoms with Gasteiger partial charge in [-0.1, -0.05) is 6.92 Å². The number of nitrogens with two attached hydrogens (primary N) is 1. The van der Waals surface area contributed by atoms with Crippen molar-refractivity contribution in [1.29, 1.82) is 0 Å². The second-order valence-corrected chi connectivity index (χ2v) is 4.29. The second kappa shape index (κ2) is 6.18. The molecule has 0 aromatic carbocycles. The second-order valence-electron chi connectivity index (χ2n) is 4.29. The van der Waals surface area contributed by atoms with Crippen LogP contribution in [0.25, 0.3) is 0 Å². The van der Waals surface area contributed by atoms with Gasteiger partial charge in [-0.25, -0.2) is 9.97 Å². The molecule has 0 fully saturated rings. The summed E-state index contributed by atoms with van der Waals surface area (Å²) in [5, 5.41) is 6.24. The van der Waals surface area contributed by atoms with E-state index in [4.69, 9.17) is 5.73 Å². The van der Waals surface area contributed by atoms with Crippen molar-refractivity contribution in [2.75, 3.05) is 17.2 Å². The van der Waals surface area contributed by atoms with Gasteiger partial charge < -0.3 is 16.4 Å². The average molecular weight is 251 g/mol. The van der Waals surface area contributed by atoms with E-state index in [1.165, 1.54) is 0 Å². The average Bonchev–Trinajstić information content (AvgIpc) is 2.31. The highest BCUT2D eigenvalue weighted by molar-refractivity contribution is 5.82. The number of hydrogen-bond acceptors (Lipinski definition) is 5. The SMILES string of the molecule is CCCNc1nc(C)nc(NC(C)C(N)=O)c1C. The van der Waals surface area contributed by atoms with Gasteiger partial charge in [-0.3, -0.25) is 4.79 Å². The minimum atomic E-state index is -0.461. The first-order valence-electron chi connectivity index (χ1n) is 6.10. The van der Waals surface area contributed by atoms with Crippen LogP contribution in [0.3, 0.4) is 0 Å². The van der Waals surface area contributed by atoms with Crippen molar-refractivity contribution in [2.24, 2.45) is 5.73 Å². The third kappa shape index (κ3) is 3.58. The zero-order chi connectivity index (χ0) is 13.7. The highest BCUT2D eigenvalue weighted by Gasteiger charge is 2.13. The molecule has 0 bridgehead atoms. The normalized spacial score (nSPS) is 12.0. The van der Waals surface area contributed by atoms with Crippen molar-refractivity contribution in [3.05, 3.63) is 11.4 Å². The highest BCUT2D eigenvalue weighted by atomic mass is 16.1. The lowest BCUT2D eigenvalue weighted by Crippen LogP contribution is -2.33. The Bertz CT molecular complexity index is 433. The van der Waals surface area contributed by atoms with Crippen LogP contribution in [-0.2, 0) is 4.79 Å². The van der Waals surface area contributed by atoms with Gasteiger partial charge in [-0.05, 0) is 27.2 Å². The monoisotopic (exact) mass is 251 g/mol. The van der Waals surface area contributed by atoms with E-state index in [9.17, 15) is 4.79 Å². The number of amides is 1. The van der Waals surface area contributed by atoms with E-state index in [0.29, 0.717) is 11.6 Å². The molecule has 0 radical (unpaired) electrons. The van der Waals surface area contributed by atoms with Gasteiger partial charge in [0.15, 0.2) is 0 Å². The molecule has 0 aliphatic carbocycles. The van der Waals surface area contributed by atoms with Crippen molar-refractivity contribution in [3.8, 4) is 0 Å². The maximum Gasteiger partial charge on any atom is 0.239 e. The fourth-order valence-corrected chi connectivity index (χ4v) is 1.46. The molecule has 6 nitrogen and oxygen atoms in total. The van der Waals surface area contributed by atoms with E-state index in [2.05, 4.69) is 27.5 Å². The van der Waals surface area contributed by atoms with Crippen LogP contribution in [0.15, 0.2) is 0 Å². The van der Waals surface area contributed by atoms with E-state index < -0.39 is 11.9 Å². The Morgan fingerprint density at radius 3 is 2.50 bits per heavy atom. The summed E-state index contributed by atoms with van der Waals surface area (Å²) >= 11 is 0. The quantitative estimate of drug-likeness (QED) is 0.706. The molecule has 0 saturated heterocycles. The maximum atomic E-state index is 11.1. The lowest BCUT2D eigenvalue weighted by molar-refractivity contribution is -0.118. The van der Waals surface area contributed by atoms with Gasteiger partial charge in [0.05, 0.1) is 0 Å². The summed E-state index contributed by atoms with van der Waals surface area (Å²) in [7, 11) is 0. The Hall–Kier alpha value is -1.85. The smallest absolute Gasteiger partial charge is 0.239 e. The summed E-state index contributed by atoms with van der Waals surface area (Å²) < 4.78 is 0. The van der Waals surface area contributed by atoms with E-state index in [0.717, 1.165) is 24.3 Å². The molecule has 1 aromatic heterocycles. The number of hydrogen-bond donors (Lipinski definition) is 3. The van der Waals surface area contributed by atoms with Crippen molar-refractivity contribution >= 4 is 17.5 Å². The molecule has 1 unspecified atom stereocenters. The standard InChI is InChI=1S/C12H21N5O/c1-5-6-14-11-7(2)12(17-9(4)16-11)15-8(3)10(13)18/h8H,5-6H2,1-4H3,(H2,13,18)(H2,14,15,16,17). The molecule has 1 aromatic rings. The summed E-state index contributed by atoms with van der Waals surface area (Å²) in [5.41, 5.74) is 6.12. The van der Waals surface area contributed by atoms with Crippen LogP contribution in [-0.4, -0.2) is 28.5 Å². The molecule has 1 rings (SSSR count).